The van der Waals surface area contributed by atoms with Crippen molar-refractivity contribution in [3.05, 3.63) is 41.9 Å². The smallest absolute Gasteiger partial charge is 0.181 e. The molecule has 1 aromatic heterocycles. The highest BCUT2D eigenvalue weighted by atomic mass is 19.2. The molecular weight excluding hydrogens is 204 g/mol. The Hall–Kier alpha value is -1.75. The first-order chi connectivity index (χ1) is 7.22. The molecule has 0 unspecified atom stereocenters. The highest BCUT2D eigenvalue weighted by Gasteiger charge is 2.12. The molecule has 1 heterocycles. The van der Waals surface area contributed by atoms with E-state index in [0.717, 1.165) is 18.5 Å². The Morgan fingerprint density at radius 1 is 1.27 bits per heavy atom. The number of rotatable bonds is 2. The Morgan fingerprint density at radius 3 is 2.73 bits per heavy atom. The number of halogens is 2. The number of benzene rings is 1. The molecule has 0 fully saturated rings. The van der Waals surface area contributed by atoms with Crippen LogP contribution in [-0.2, 0) is 6.61 Å². The average Bonchev–Trinajstić information content (AvgIpc) is 2.70. The van der Waals surface area contributed by atoms with Crippen molar-refractivity contribution in [1.29, 1.82) is 0 Å². The van der Waals surface area contributed by atoms with E-state index in [4.69, 9.17) is 9.52 Å². The predicted octanol–water partition coefficient (Wildman–Crippen LogP) is 2.11. The maximum Gasteiger partial charge on any atom is 0.181 e. The summed E-state index contributed by atoms with van der Waals surface area (Å²) in [5.74, 6) is -1.65. The summed E-state index contributed by atoms with van der Waals surface area (Å²) < 4.78 is 30.5. The van der Waals surface area contributed by atoms with Gasteiger partial charge in [0.2, 0.25) is 0 Å². The minimum Gasteiger partial charge on any atom is -0.443 e. The van der Waals surface area contributed by atoms with E-state index < -0.39 is 11.6 Å². The molecular formula is C10H7F2NO2. The third-order valence-corrected chi connectivity index (χ3v) is 1.97. The summed E-state index contributed by atoms with van der Waals surface area (Å²) in [6, 6.07) is 3.35. The van der Waals surface area contributed by atoms with Gasteiger partial charge in [0, 0.05) is 5.56 Å². The van der Waals surface area contributed by atoms with Crippen LogP contribution in [0, 0.1) is 11.6 Å². The number of aromatic nitrogens is 1. The second kappa shape index (κ2) is 3.78. The topological polar surface area (TPSA) is 46.3 Å². The van der Waals surface area contributed by atoms with E-state index >= 15 is 0 Å². The van der Waals surface area contributed by atoms with E-state index in [2.05, 4.69) is 4.98 Å². The van der Waals surface area contributed by atoms with Gasteiger partial charge in [-0.1, -0.05) is 0 Å². The zero-order chi connectivity index (χ0) is 10.8. The third-order valence-electron chi connectivity index (χ3n) is 1.97. The molecule has 15 heavy (non-hydrogen) atoms. The van der Waals surface area contributed by atoms with Crippen molar-refractivity contribution in [1.82, 2.24) is 4.98 Å². The van der Waals surface area contributed by atoms with E-state index in [1.54, 1.807) is 0 Å². The molecule has 3 nitrogen and oxygen atoms in total. The zero-order valence-electron chi connectivity index (χ0n) is 7.58. The third kappa shape index (κ3) is 1.73. The lowest BCUT2D eigenvalue weighted by atomic mass is 10.1. The van der Waals surface area contributed by atoms with Crippen LogP contribution < -0.4 is 0 Å². The Bertz CT molecular complexity index is 482. The lowest BCUT2D eigenvalue weighted by Gasteiger charge is -1.99. The van der Waals surface area contributed by atoms with Gasteiger partial charge in [0.05, 0.1) is 6.61 Å². The average molecular weight is 211 g/mol. The van der Waals surface area contributed by atoms with Crippen LogP contribution in [0.25, 0.3) is 11.3 Å². The molecule has 1 N–H and O–H groups in total. The van der Waals surface area contributed by atoms with Gasteiger partial charge in [0.25, 0.3) is 0 Å². The lowest BCUT2D eigenvalue weighted by Crippen LogP contribution is -1.89. The van der Waals surface area contributed by atoms with Crippen molar-refractivity contribution >= 4 is 0 Å². The quantitative estimate of drug-likeness (QED) is 0.827. The van der Waals surface area contributed by atoms with Crippen LogP contribution in [0.5, 0.6) is 0 Å². The van der Waals surface area contributed by atoms with Gasteiger partial charge in [-0.15, -0.1) is 0 Å². The molecule has 78 valence electrons. The van der Waals surface area contributed by atoms with E-state index in [1.165, 1.54) is 6.07 Å². The Kier molecular flexibility index (Phi) is 2.47. The van der Waals surface area contributed by atoms with Crippen LogP contribution in [0.4, 0.5) is 8.78 Å². The molecule has 0 radical (unpaired) electrons. The minimum absolute atomic E-state index is 0.247. The van der Waals surface area contributed by atoms with E-state index in [0.29, 0.717) is 11.3 Å². The number of aliphatic hydroxyl groups excluding tert-OH is 1. The molecule has 0 amide bonds. The fraction of sp³-hybridized carbons (Fsp3) is 0.100. The fourth-order valence-electron chi connectivity index (χ4n) is 1.25. The van der Waals surface area contributed by atoms with Gasteiger partial charge < -0.3 is 9.52 Å². The first-order valence-electron chi connectivity index (χ1n) is 4.21. The van der Waals surface area contributed by atoms with Crippen LogP contribution in [0.1, 0.15) is 5.69 Å². The Morgan fingerprint density at radius 2 is 2.07 bits per heavy atom. The maximum absolute atomic E-state index is 12.9. The number of aliphatic hydroxyl groups is 1. The molecule has 0 saturated heterocycles. The molecule has 2 rings (SSSR count). The van der Waals surface area contributed by atoms with Gasteiger partial charge in [0.1, 0.15) is 5.69 Å². The summed E-state index contributed by atoms with van der Waals surface area (Å²) in [6.07, 6.45) is 1.14. The summed E-state index contributed by atoms with van der Waals surface area (Å²) in [4.78, 5) is 3.73. The largest absolute Gasteiger partial charge is 0.443 e. The molecule has 0 bridgehead atoms. The second-order valence-corrected chi connectivity index (χ2v) is 2.92. The van der Waals surface area contributed by atoms with Gasteiger partial charge in [-0.3, -0.25) is 0 Å². The van der Waals surface area contributed by atoms with Crippen LogP contribution in [0.2, 0.25) is 0 Å². The van der Waals surface area contributed by atoms with Crippen molar-refractivity contribution in [2.45, 2.75) is 6.61 Å². The second-order valence-electron chi connectivity index (χ2n) is 2.92. The van der Waals surface area contributed by atoms with Gasteiger partial charge in [-0.2, -0.15) is 0 Å². The number of oxazole rings is 1. The minimum atomic E-state index is -0.965. The predicted molar refractivity (Wildman–Crippen MR) is 47.8 cm³/mol. The van der Waals surface area contributed by atoms with Crippen LogP contribution in [0.15, 0.2) is 29.0 Å². The maximum atomic E-state index is 12.9. The van der Waals surface area contributed by atoms with E-state index in [1.807, 2.05) is 0 Å². The van der Waals surface area contributed by atoms with Crippen molar-refractivity contribution < 1.29 is 18.3 Å². The molecule has 0 aliphatic heterocycles. The van der Waals surface area contributed by atoms with Gasteiger partial charge in [-0.05, 0) is 18.2 Å². The highest BCUT2D eigenvalue weighted by Crippen LogP contribution is 2.24. The standard InChI is InChI=1S/C10H7F2NO2/c11-7-2-1-6(3-8(7)12)10-9(4-14)13-5-15-10/h1-3,5,14H,4H2. The normalized spacial score (nSPS) is 10.6. The summed E-state index contributed by atoms with van der Waals surface area (Å²) >= 11 is 0. The van der Waals surface area contributed by atoms with E-state index in [-0.39, 0.29) is 12.4 Å². The van der Waals surface area contributed by atoms with Crippen molar-refractivity contribution in [3.8, 4) is 11.3 Å². The summed E-state index contributed by atoms with van der Waals surface area (Å²) in [6.45, 7) is -0.315. The first kappa shape index (κ1) is 9.79. The van der Waals surface area contributed by atoms with Gasteiger partial charge in [-0.25, -0.2) is 13.8 Å². The lowest BCUT2D eigenvalue weighted by molar-refractivity contribution is 0.277. The van der Waals surface area contributed by atoms with Crippen LogP contribution in [0.3, 0.4) is 0 Å². The SMILES string of the molecule is OCc1ncoc1-c1ccc(F)c(F)c1. The molecule has 0 atom stereocenters. The molecule has 0 aliphatic rings. The monoisotopic (exact) mass is 211 g/mol. The zero-order valence-corrected chi connectivity index (χ0v) is 7.58. The van der Waals surface area contributed by atoms with E-state index in [9.17, 15) is 8.78 Å². The number of hydrogen-bond donors (Lipinski definition) is 1. The summed E-state index contributed by atoms with van der Waals surface area (Å²) in [5, 5.41) is 8.90. The Labute approximate surface area is 84.0 Å². The van der Waals surface area contributed by atoms with Crippen LogP contribution in [-0.4, -0.2) is 10.1 Å². The first-order valence-corrected chi connectivity index (χ1v) is 4.21. The molecule has 5 heteroatoms. The molecule has 1 aromatic carbocycles. The summed E-state index contributed by atoms with van der Waals surface area (Å²) in [7, 11) is 0. The van der Waals surface area contributed by atoms with Crippen molar-refractivity contribution in [2.24, 2.45) is 0 Å². The summed E-state index contributed by atoms with van der Waals surface area (Å²) in [5.41, 5.74) is 0.636. The highest BCUT2D eigenvalue weighted by molar-refractivity contribution is 5.59. The van der Waals surface area contributed by atoms with Crippen molar-refractivity contribution in [3.63, 3.8) is 0 Å². The fourth-order valence-corrected chi connectivity index (χ4v) is 1.25. The molecule has 2 aromatic rings. The number of nitrogens with zero attached hydrogens (tertiary/aromatic N) is 1. The Balaban J connectivity index is 2.50. The van der Waals surface area contributed by atoms with Gasteiger partial charge >= 0.3 is 0 Å². The molecule has 0 spiro atoms. The molecule has 0 saturated carbocycles. The number of hydrogen-bond acceptors (Lipinski definition) is 3. The van der Waals surface area contributed by atoms with Crippen LogP contribution >= 0.6 is 0 Å². The van der Waals surface area contributed by atoms with Crippen molar-refractivity contribution in [2.75, 3.05) is 0 Å². The molecule has 0 aliphatic carbocycles. The van der Waals surface area contributed by atoms with Gasteiger partial charge in [0.15, 0.2) is 23.8 Å².